The van der Waals surface area contributed by atoms with Crippen LogP contribution < -0.4 is 5.32 Å². The predicted molar refractivity (Wildman–Crippen MR) is 63.8 cm³/mol. The molecule has 1 saturated heterocycles. The molecule has 1 heterocycles. The Morgan fingerprint density at radius 3 is 2.82 bits per heavy atom. The first-order chi connectivity index (χ1) is 8.29. The lowest BCUT2D eigenvalue weighted by molar-refractivity contribution is -0.0406. The van der Waals surface area contributed by atoms with E-state index in [-0.39, 0.29) is 18.7 Å². The van der Waals surface area contributed by atoms with Gasteiger partial charge in [-0.1, -0.05) is 19.3 Å². The maximum absolute atomic E-state index is 12.0. The molecular weight excluding hydrogens is 220 g/mol. The normalized spacial score (nSPS) is 26.9. The van der Waals surface area contributed by atoms with Crippen LogP contribution in [0.15, 0.2) is 0 Å². The first-order valence-electron chi connectivity index (χ1n) is 6.57. The second-order valence-corrected chi connectivity index (χ2v) is 4.91. The average Bonchev–Trinajstić information content (AvgIpc) is 2.40. The standard InChI is InChI=1S/C12H22N2O3/c15-9-11-8-14(6-7-17-11)12(16)13-10-4-2-1-3-5-10/h10-11,15H,1-9H2,(H,13,16). The monoisotopic (exact) mass is 242 g/mol. The first kappa shape index (κ1) is 12.6. The van der Waals surface area contributed by atoms with Crippen LogP contribution in [0.25, 0.3) is 0 Å². The SMILES string of the molecule is O=C(NC1CCCCC1)N1CCOC(CO)C1. The highest BCUT2D eigenvalue weighted by atomic mass is 16.5. The second kappa shape index (κ2) is 6.21. The Labute approximate surface area is 102 Å². The molecule has 1 unspecified atom stereocenters. The van der Waals surface area contributed by atoms with Crippen LogP contribution in [0.1, 0.15) is 32.1 Å². The first-order valence-corrected chi connectivity index (χ1v) is 6.57. The van der Waals surface area contributed by atoms with Gasteiger partial charge in [-0.05, 0) is 12.8 Å². The molecule has 1 aliphatic carbocycles. The van der Waals surface area contributed by atoms with Gasteiger partial charge in [0.1, 0.15) is 0 Å². The molecule has 2 N–H and O–H groups in total. The predicted octanol–water partition coefficient (Wildman–Crippen LogP) is 0.722. The number of ether oxygens (including phenoxy) is 1. The molecule has 17 heavy (non-hydrogen) atoms. The van der Waals surface area contributed by atoms with E-state index in [0.717, 1.165) is 12.8 Å². The Morgan fingerprint density at radius 1 is 1.35 bits per heavy atom. The minimum absolute atomic E-state index is 0.00125. The van der Waals surface area contributed by atoms with E-state index in [2.05, 4.69) is 5.32 Å². The second-order valence-electron chi connectivity index (χ2n) is 4.91. The van der Waals surface area contributed by atoms with Gasteiger partial charge in [0.2, 0.25) is 0 Å². The molecule has 0 spiro atoms. The van der Waals surface area contributed by atoms with Gasteiger partial charge in [0, 0.05) is 12.6 Å². The third-order valence-electron chi connectivity index (χ3n) is 3.56. The van der Waals surface area contributed by atoms with Crippen LogP contribution in [0, 0.1) is 0 Å². The van der Waals surface area contributed by atoms with Crippen molar-refractivity contribution >= 4 is 6.03 Å². The molecule has 1 saturated carbocycles. The van der Waals surface area contributed by atoms with Crippen LogP contribution in [-0.4, -0.2) is 54.5 Å². The van der Waals surface area contributed by atoms with E-state index in [1.165, 1.54) is 19.3 Å². The zero-order chi connectivity index (χ0) is 12.1. The van der Waals surface area contributed by atoms with Crippen molar-refractivity contribution < 1.29 is 14.6 Å². The molecule has 5 nitrogen and oxygen atoms in total. The summed E-state index contributed by atoms with van der Waals surface area (Å²) in [7, 11) is 0. The lowest BCUT2D eigenvalue weighted by Crippen LogP contribution is -2.52. The van der Waals surface area contributed by atoms with Crippen LogP contribution in [-0.2, 0) is 4.74 Å². The van der Waals surface area contributed by atoms with E-state index >= 15 is 0 Å². The Morgan fingerprint density at radius 2 is 2.12 bits per heavy atom. The molecule has 0 radical (unpaired) electrons. The topological polar surface area (TPSA) is 61.8 Å². The van der Waals surface area contributed by atoms with Crippen molar-refractivity contribution in [2.45, 2.75) is 44.2 Å². The summed E-state index contributed by atoms with van der Waals surface area (Å²) >= 11 is 0. The van der Waals surface area contributed by atoms with Gasteiger partial charge >= 0.3 is 6.03 Å². The molecule has 2 amide bonds. The molecule has 5 heteroatoms. The van der Waals surface area contributed by atoms with Crippen LogP contribution >= 0.6 is 0 Å². The number of carbonyl (C=O) groups excluding carboxylic acids is 1. The smallest absolute Gasteiger partial charge is 0.317 e. The number of morpholine rings is 1. The Kier molecular flexibility index (Phi) is 4.62. The Balaban J connectivity index is 1.78. The molecule has 2 fully saturated rings. The number of rotatable bonds is 2. The Hall–Kier alpha value is -0.810. The fourth-order valence-electron chi connectivity index (χ4n) is 2.53. The van der Waals surface area contributed by atoms with Gasteiger partial charge in [-0.2, -0.15) is 0 Å². The van der Waals surface area contributed by atoms with E-state index in [1.807, 2.05) is 0 Å². The molecule has 0 aromatic rings. The number of nitrogens with zero attached hydrogens (tertiary/aromatic N) is 1. The van der Waals surface area contributed by atoms with Gasteiger partial charge in [0.25, 0.3) is 0 Å². The number of aliphatic hydroxyl groups excluding tert-OH is 1. The Bertz CT molecular complexity index is 254. The summed E-state index contributed by atoms with van der Waals surface area (Å²) in [5, 5.41) is 12.1. The number of aliphatic hydroxyl groups is 1. The van der Waals surface area contributed by atoms with Crippen molar-refractivity contribution in [3.8, 4) is 0 Å². The highest BCUT2D eigenvalue weighted by molar-refractivity contribution is 5.74. The molecule has 2 aliphatic rings. The number of amides is 2. The maximum atomic E-state index is 12.0. The summed E-state index contributed by atoms with van der Waals surface area (Å²) in [4.78, 5) is 13.8. The van der Waals surface area contributed by atoms with Crippen LogP contribution in [0.2, 0.25) is 0 Å². The maximum Gasteiger partial charge on any atom is 0.317 e. The average molecular weight is 242 g/mol. The van der Waals surface area contributed by atoms with E-state index < -0.39 is 0 Å². The van der Waals surface area contributed by atoms with Crippen LogP contribution in [0.3, 0.4) is 0 Å². The molecule has 0 aromatic heterocycles. The quantitative estimate of drug-likeness (QED) is 0.750. The van der Waals surface area contributed by atoms with E-state index in [0.29, 0.717) is 25.7 Å². The number of hydrogen-bond acceptors (Lipinski definition) is 3. The van der Waals surface area contributed by atoms with Gasteiger partial charge in [0.05, 0.1) is 25.9 Å². The van der Waals surface area contributed by atoms with Crippen molar-refractivity contribution in [3.05, 3.63) is 0 Å². The number of carbonyl (C=O) groups is 1. The fraction of sp³-hybridized carbons (Fsp3) is 0.917. The molecule has 98 valence electrons. The molecule has 0 aromatic carbocycles. The molecule has 2 rings (SSSR count). The number of hydrogen-bond donors (Lipinski definition) is 2. The van der Waals surface area contributed by atoms with Gasteiger partial charge in [-0.15, -0.1) is 0 Å². The van der Waals surface area contributed by atoms with Crippen LogP contribution in [0.4, 0.5) is 4.79 Å². The van der Waals surface area contributed by atoms with E-state index in [1.54, 1.807) is 4.90 Å². The van der Waals surface area contributed by atoms with E-state index in [9.17, 15) is 4.79 Å². The molecular formula is C12H22N2O3. The summed E-state index contributed by atoms with van der Waals surface area (Å²) in [6.45, 7) is 1.61. The van der Waals surface area contributed by atoms with E-state index in [4.69, 9.17) is 9.84 Å². The molecule has 0 bridgehead atoms. The minimum atomic E-state index is -0.221. The van der Waals surface area contributed by atoms with Crippen molar-refractivity contribution in [1.29, 1.82) is 0 Å². The van der Waals surface area contributed by atoms with Gasteiger partial charge < -0.3 is 20.1 Å². The largest absolute Gasteiger partial charge is 0.394 e. The summed E-state index contributed by atoms with van der Waals surface area (Å²) < 4.78 is 5.33. The van der Waals surface area contributed by atoms with Gasteiger partial charge in [-0.25, -0.2) is 4.79 Å². The van der Waals surface area contributed by atoms with Crippen molar-refractivity contribution in [1.82, 2.24) is 10.2 Å². The molecule has 1 atom stereocenters. The van der Waals surface area contributed by atoms with Crippen LogP contribution in [0.5, 0.6) is 0 Å². The summed E-state index contributed by atoms with van der Waals surface area (Å²) in [6, 6.07) is 0.338. The van der Waals surface area contributed by atoms with Crippen molar-refractivity contribution in [3.63, 3.8) is 0 Å². The molecule has 1 aliphatic heterocycles. The van der Waals surface area contributed by atoms with Gasteiger partial charge in [0.15, 0.2) is 0 Å². The lowest BCUT2D eigenvalue weighted by Gasteiger charge is -2.34. The third kappa shape index (κ3) is 3.57. The lowest BCUT2D eigenvalue weighted by atomic mass is 9.96. The fourth-order valence-corrected chi connectivity index (χ4v) is 2.53. The zero-order valence-electron chi connectivity index (χ0n) is 10.2. The summed E-state index contributed by atoms with van der Waals surface area (Å²) in [5.41, 5.74) is 0. The zero-order valence-corrected chi connectivity index (χ0v) is 10.2. The summed E-state index contributed by atoms with van der Waals surface area (Å²) in [6.07, 6.45) is 5.69. The highest BCUT2D eigenvalue weighted by Gasteiger charge is 2.25. The minimum Gasteiger partial charge on any atom is -0.394 e. The van der Waals surface area contributed by atoms with Gasteiger partial charge in [-0.3, -0.25) is 0 Å². The number of nitrogens with one attached hydrogen (secondary N) is 1. The highest BCUT2D eigenvalue weighted by Crippen LogP contribution is 2.17. The van der Waals surface area contributed by atoms with Crippen molar-refractivity contribution in [2.75, 3.05) is 26.3 Å². The number of urea groups is 1. The third-order valence-corrected chi connectivity index (χ3v) is 3.56. The summed E-state index contributed by atoms with van der Waals surface area (Å²) in [5.74, 6) is 0. The van der Waals surface area contributed by atoms with Crippen molar-refractivity contribution in [2.24, 2.45) is 0 Å².